The van der Waals surface area contributed by atoms with E-state index in [4.69, 9.17) is 27.4 Å². The van der Waals surface area contributed by atoms with Crippen molar-refractivity contribution in [3.05, 3.63) is 11.4 Å². The maximum Gasteiger partial charge on any atom is 0.145 e. The van der Waals surface area contributed by atoms with Gasteiger partial charge in [-0.1, -0.05) is 17.4 Å². The molecule has 0 radical (unpaired) electrons. The van der Waals surface area contributed by atoms with Gasteiger partial charge in [0.25, 0.3) is 0 Å². The summed E-state index contributed by atoms with van der Waals surface area (Å²) in [5.74, 6) is 0. The topological polar surface area (TPSA) is 75.2 Å². The van der Waals surface area contributed by atoms with Gasteiger partial charge in [0.2, 0.25) is 0 Å². The van der Waals surface area contributed by atoms with Crippen molar-refractivity contribution in [3.63, 3.8) is 0 Å². The lowest BCUT2D eigenvalue weighted by Gasteiger charge is -2.13. The van der Waals surface area contributed by atoms with Crippen molar-refractivity contribution in [2.24, 2.45) is 5.73 Å². The Balaban J connectivity index is 2.80. The summed E-state index contributed by atoms with van der Waals surface area (Å²) in [5, 5.41) is 8.08. The molecule has 1 rings (SSSR count). The van der Waals surface area contributed by atoms with Crippen LogP contribution in [0.5, 0.6) is 0 Å². The van der Waals surface area contributed by atoms with Gasteiger partial charge in [-0.25, -0.2) is 4.68 Å². The Morgan fingerprint density at radius 1 is 1.56 bits per heavy atom. The first-order chi connectivity index (χ1) is 8.61. The van der Waals surface area contributed by atoms with Crippen LogP contribution in [0.15, 0.2) is 0 Å². The molecule has 1 aromatic rings. The molecule has 1 aromatic heterocycles. The molecule has 0 spiro atoms. The molecular weight excluding hydrogens is 252 g/mol. The van der Waals surface area contributed by atoms with Crippen LogP contribution in [0.3, 0.4) is 0 Å². The summed E-state index contributed by atoms with van der Waals surface area (Å²) in [7, 11) is 1.63. The quantitative estimate of drug-likeness (QED) is 0.563. The Bertz CT molecular complexity index is 394. The minimum Gasteiger partial charge on any atom is -0.388 e. The first-order valence-electron chi connectivity index (χ1n) is 5.95. The molecule has 6 nitrogen and oxygen atoms in total. The van der Waals surface area contributed by atoms with Gasteiger partial charge in [-0.2, -0.15) is 0 Å². The highest BCUT2D eigenvalue weighted by molar-refractivity contribution is 7.80. The third-order valence-electron chi connectivity index (χ3n) is 2.61. The van der Waals surface area contributed by atoms with Gasteiger partial charge in [0.05, 0.1) is 11.8 Å². The first-order valence-corrected chi connectivity index (χ1v) is 6.36. The van der Waals surface area contributed by atoms with E-state index >= 15 is 0 Å². The molecule has 18 heavy (non-hydrogen) atoms. The smallest absolute Gasteiger partial charge is 0.145 e. The molecule has 0 saturated heterocycles. The normalized spacial score (nSPS) is 12.6. The summed E-state index contributed by atoms with van der Waals surface area (Å²) in [6.45, 7) is 6.01. The van der Waals surface area contributed by atoms with E-state index in [1.54, 1.807) is 11.8 Å². The fourth-order valence-corrected chi connectivity index (χ4v) is 1.78. The molecule has 0 saturated carbocycles. The molecule has 0 bridgehead atoms. The van der Waals surface area contributed by atoms with Crippen LogP contribution in [0, 0.1) is 0 Å². The molecule has 1 unspecified atom stereocenters. The van der Waals surface area contributed by atoms with Gasteiger partial charge < -0.3 is 15.2 Å². The molecule has 1 heterocycles. The number of thiocarbonyl (C=S) groups is 1. The zero-order valence-corrected chi connectivity index (χ0v) is 11.9. The Kier molecular flexibility index (Phi) is 6.17. The number of hydrogen-bond donors (Lipinski definition) is 1. The fraction of sp³-hybridized carbons (Fsp3) is 0.727. The predicted molar refractivity (Wildman–Crippen MR) is 72.4 cm³/mol. The second-order valence-electron chi connectivity index (χ2n) is 3.84. The van der Waals surface area contributed by atoms with Gasteiger partial charge in [0, 0.05) is 26.9 Å². The number of hydrogen-bond acceptors (Lipinski definition) is 5. The van der Waals surface area contributed by atoms with E-state index in [0.717, 1.165) is 18.7 Å². The lowest BCUT2D eigenvalue weighted by Crippen LogP contribution is -2.17. The van der Waals surface area contributed by atoms with Crippen molar-refractivity contribution < 1.29 is 9.47 Å². The number of methoxy groups -OCH3 is 1. The van der Waals surface area contributed by atoms with Crippen LogP contribution in [0.1, 0.15) is 37.8 Å². The Hall–Kier alpha value is -1.05. The maximum absolute atomic E-state index is 5.63. The second-order valence-corrected chi connectivity index (χ2v) is 4.28. The third kappa shape index (κ3) is 3.72. The molecule has 0 aromatic carbocycles. The van der Waals surface area contributed by atoms with Crippen molar-refractivity contribution in [2.45, 2.75) is 32.9 Å². The summed E-state index contributed by atoms with van der Waals surface area (Å²) < 4.78 is 12.4. The van der Waals surface area contributed by atoms with Crippen molar-refractivity contribution in [3.8, 4) is 0 Å². The van der Waals surface area contributed by atoms with Gasteiger partial charge >= 0.3 is 0 Å². The van der Waals surface area contributed by atoms with Crippen LogP contribution in [0.4, 0.5) is 0 Å². The predicted octanol–water partition coefficient (Wildman–Crippen LogP) is 1.05. The molecule has 0 aliphatic heterocycles. The Morgan fingerprint density at radius 3 is 2.83 bits per heavy atom. The third-order valence-corrected chi connectivity index (χ3v) is 2.80. The van der Waals surface area contributed by atoms with E-state index in [1.807, 2.05) is 13.8 Å². The number of nitrogens with zero attached hydrogens (tertiary/aromatic N) is 3. The molecule has 2 N–H and O–H groups in total. The summed E-state index contributed by atoms with van der Waals surface area (Å²) in [5.41, 5.74) is 6.99. The standard InChI is InChI=1S/C11H20N4O2S/c1-4-17-7-5-6-15-10(8(2)16-3)9(11(12)18)13-14-15/h8H,4-7H2,1-3H3,(H2,12,18). The molecule has 0 aliphatic carbocycles. The number of nitrogens with two attached hydrogens (primary N) is 1. The SMILES string of the molecule is CCOCCCn1nnc(C(N)=S)c1C(C)OC. The molecular formula is C11H20N4O2S. The largest absolute Gasteiger partial charge is 0.388 e. The molecule has 1 atom stereocenters. The van der Waals surface area contributed by atoms with Gasteiger partial charge in [-0.15, -0.1) is 5.10 Å². The molecule has 0 aliphatic rings. The summed E-state index contributed by atoms with van der Waals surface area (Å²) in [4.78, 5) is 0.241. The average Bonchev–Trinajstić information content (AvgIpc) is 2.77. The van der Waals surface area contributed by atoms with E-state index in [1.165, 1.54) is 0 Å². The van der Waals surface area contributed by atoms with Crippen LogP contribution in [0.25, 0.3) is 0 Å². The summed E-state index contributed by atoms with van der Waals surface area (Å²) >= 11 is 4.97. The highest BCUT2D eigenvalue weighted by atomic mass is 32.1. The number of aryl methyl sites for hydroxylation is 1. The number of aromatic nitrogens is 3. The van der Waals surface area contributed by atoms with Crippen molar-refractivity contribution in [1.82, 2.24) is 15.0 Å². The van der Waals surface area contributed by atoms with E-state index in [0.29, 0.717) is 18.8 Å². The van der Waals surface area contributed by atoms with Crippen molar-refractivity contribution in [1.29, 1.82) is 0 Å². The lowest BCUT2D eigenvalue weighted by molar-refractivity contribution is 0.108. The van der Waals surface area contributed by atoms with Gasteiger partial charge in [0.15, 0.2) is 0 Å². The average molecular weight is 272 g/mol. The molecule has 7 heteroatoms. The first kappa shape index (κ1) is 15.0. The minimum atomic E-state index is -0.149. The zero-order chi connectivity index (χ0) is 13.5. The van der Waals surface area contributed by atoms with E-state index in [9.17, 15) is 0 Å². The summed E-state index contributed by atoms with van der Waals surface area (Å²) in [6, 6.07) is 0. The van der Waals surface area contributed by atoms with Gasteiger partial charge in [-0.3, -0.25) is 0 Å². The monoisotopic (exact) mass is 272 g/mol. The van der Waals surface area contributed by atoms with E-state index in [-0.39, 0.29) is 11.1 Å². The van der Waals surface area contributed by atoms with Crippen LogP contribution < -0.4 is 5.73 Å². The highest BCUT2D eigenvalue weighted by Crippen LogP contribution is 2.19. The molecule has 0 amide bonds. The van der Waals surface area contributed by atoms with Crippen LogP contribution in [0.2, 0.25) is 0 Å². The highest BCUT2D eigenvalue weighted by Gasteiger charge is 2.20. The Labute approximate surface area is 112 Å². The van der Waals surface area contributed by atoms with Crippen LogP contribution in [-0.2, 0) is 16.0 Å². The fourth-order valence-electron chi connectivity index (χ4n) is 1.64. The second kappa shape index (κ2) is 7.40. The van der Waals surface area contributed by atoms with Crippen molar-refractivity contribution >= 4 is 17.2 Å². The van der Waals surface area contributed by atoms with Gasteiger partial charge in [0.1, 0.15) is 10.7 Å². The zero-order valence-electron chi connectivity index (χ0n) is 11.0. The van der Waals surface area contributed by atoms with Crippen molar-refractivity contribution in [2.75, 3.05) is 20.3 Å². The number of ether oxygens (including phenoxy) is 2. The summed E-state index contributed by atoms with van der Waals surface area (Å²) in [6.07, 6.45) is 0.709. The van der Waals surface area contributed by atoms with Gasteiger partial charge in [-0.05, 0) is 20.3 Å². The Morgan fingerprint density at radius 2 is 2.28 bits per heavy atom. The van der Waals surface area contributed by atoms with E-state index < -0.39 is 0 Å². The maximum atomic E-state index is 5.63. The van der Waals surface area contributed by atoms with Crippen LogP contribution >= 0.6 is 12.2 Å². The van der Waals surface area contributed by atoms with E-state index in [2.05, 4.69) is 10.3 Å². The van der Waals surface area contributed by atoms with Crippen LogP contribution in [-0.4, -0.2) is 40.3 Å². The minimum absolute atomic E-state index is 0.149. The molecule has 102 valence electrons. The molecule has 0 fully saturated rings. The number of rotatable bonds is 8. The lowest BCUT2D eigenvalue weighted by atomic mass is 10.2.